The zero-order chi connectivity index (χ0) is 26.0. The summed E-state index contributed by atoms with van der Waals surface area (Å²) in [5, 5.41) is 6.40. The van der Waals surface area contributed by atoms with Gasteiger partial charge >= 0.3 is 0 Å². The predicted octanol–water partition coefficient (Wildman–Crippen LogP) is 3.60. The second-order valence-corrected chi connectivity index (χ2v) is 9.38. The van der Waals surface area contributed by atoms with Gasteiger partial charge in [-0.25, -0.2) is 5.01 Å². The number of benzene rings is 2. The van der Waals surface area contributed by atoms with Crippen LogP contribution in [0.4, 0.5) is 0 Å². The van der Waals surface area contributed by atoms with Crippen LogP contribution in [0.3, 0.4) is 0 Å². The molecule has 0 spiro atoms. The predicted molar refractivity (Wildman–Crippen MR) is 135 cm³/mol. The third-order valence-corrected chi connectivity index (χ3v) is 6.94. The van der Waals surface area contributed by atoms with Gasteiger partial charge < -0.3 is 23.8 Å². The molecule has 0 unspecified atom stereocenters. The fourth-order valence-corrected chi connectivity index (χ4v) is 4.77. The van der Waals surface area contributed by atoms with Gasteiger partial charge in [-0.05, 0) is 57.0 Å². The van der Waals surface area contributed by atoms with Crippen molar-refractivity contribution in [2.45, 2.75) is 32.7 Å². The number of methoxy groups -OCH3 is 4. The second kappa shape index (κ2) is 10.1. The molecule has 9 nitrogen and oxygen atoms in total. The van der Waals surface area contributed by atoms with Gasteiger partial charge in [-0.15, -0.1) is 0 Å². The van der Waals surface area contributed by atoms with Crippen LogP contribution in [-0.4, -0.2) is 75.0 Å². The Morgan fingerprint density at radius 3 is 2.17 bits per heavy atom. The smallest absolute Gasteiger partial charge is 0.257 e. The maximum atomic E-state index is 13.4. The molecule has 0 aliphatic carbocycles. The summed E-state index contributed by atoms with van der Waals surface area (Å²) >= 11 is 0. The van der Waals surface area contributed by atoms with Crippen LogP contribution < -0.4 is 18.9 Å². The highest BCUT2D eigenvalue weighted by Gasteiger charge is 2.47. The van der Waals surface area contributed by atoms with Crippen LogP contribution in [0.2, 0.25) is 0 Å². The van der Waals surface area contributed by atoms with E-state index in [0.29, 0.717) is 60.2 Å². The summed E-state index contributed by atoms with van der Waals surface area (Å²) in [5.74, 6) is 2.15. The summed E-state index contributed by atoms with van der Waals surface area (Å²) in [6.45, 7) is 4.81. The number of hydrazone groups is 1. The molecule has 0 bridgehead atoms. The van der Waals surface area contributed by atoms with Crippen molar-refractivity contribution in [3.8, 4) is 23.0 Å². The standard InChI is InChI=1S/C27H33N3O6/c1-27(2)24(17-7-10-21(34-4)23(15-17)36-6)28-30(26(27)32)18-11-13-29(14-12-18)25(31)20-9-8-19(33-3)16-22(20)35-5/h7-10,15-16,18H,11-14H2,1-6H3. The Kier molecular flexibility index (Phi) is 7.10. The third-order valence-electron chi connectivity index (χ3n) is 6.94. The number of ether oxygens (including phenoxy) is 4. The van der Waals surface area contributed by atoms with E-state index in [-0.39, 0.29) is 17.9 Å². The van der Waals surface area contributed by atoms with Crippen LogP contribution in [0.15, 0.2) is 41.5 Å². The second-order valence-electron chi connectivity index (χ2n) is 9.38. The Morgan fingerprint density at radius 1 is 0.889 bits per heavy atom. The summed E-state index contributed by atoms with van der Waals surface area (Å²) in [6, 6.07) is 10.6. The molecule has 0 radical (unpaired) electrons. The van der Waals surface area contributed by atoms with Gasteiger partial charge in [0.2, 0.25) is 0 Å². The molecule has 1 fully saturated rings. The minimum absolute atomic E-state index is 0.0473. The molecule has 2 aromatic carbocycles. The number of amides is 2. The van der Waals surface area contributed by atoms with E-state index in [4.69, 9.17) is 24.0 Å². The first-order chi connectivity index (χ1) is 17.2. The highest BCUT2D eigenvalue weighted by molar-refractivity contribution is 6.19. The molecule has 2 heterocycles. The van der Waals surface area contributed by atoms with Gasteiger partial charge in [0, 0.05) is 24.7 Å². The molecule has 2 aliphatic rings. The molecule has 2 amide bonds. The quantitative estimate of drug-likeness (QED) is 0.583. The van der Waals surface area contributed by atoms with Gasteiger partial charge in [-0.1, -0.05) is 0 Å². The monoisotopic (exact) mass is 495 g/mol. The number of carbonyl (C=O) groups is 2. The van der Waals surface area contributed by atoms with E-state index in [1.165, 1.54) is 7.11 Å². The van der Waals surface area contributed by atoms with Crippen molar-refractivity contribution < 1.29 is 28.5 Å². The molecular formula is C27H33N3O6. The van der Waals surface area contributed by atoms with Crippen molar-refractivity contribution in [1.29, 1.82) is 0 Å². The van der Waals surface area contributed by atoms with Gasteiger partial charge in [0.1, 0.15) is 11.5 Å². The number of likely N-dealkylation sites (tertiary alicyclic amines) is 1. The zero-order valence-corrected chi connectivity index (χ0v) is 21.7. The van der Waals surface area contributed by atoms with Gasteiger partial charge in [-0.3, -0.25) is 9.59 Å². The van der Waals surface area contributed by atoms with Gasteiger partial charge in [0.15, 0.2) is 11.5 Å². The van der Waals surface area contributed by atoms with E-state index in [9.17, 15) is 9.59 Å². The van der Waals surface area contributed by atoms with Crippen LogP contribution in [0.1, 0.15) is 42.6 Å². The van der Waals surface area contributed by atoms with Crippen LogP contribution in [0.25, 0.3) is 0 Å². The Morgan fingerprint density at radius 2 is 1.56 bits per heavy atom. The lowest BCUT2D eigenvalue weighted by Crippen LogP contribution is -2.47. The molecule has 4 rings (SSSR count). The summed E-state index contributed by atoms with van der Waals surface area (Å²) in [5.41, 5.74) is 1.20. The summed E-state index contributed by atoms with van der Waals surface area (Å²) < 4.78 is 21.4. The van der Waals surface area contributed by atoms with Crippen LogP contribution in [0.5, 0.6) is 23.0 Å². The molecule has 9 heteroatoms. The fourth-order valence-electron chi connectivity index (χ4n) is 4.77. The van der Waals surface area contributed by atoms with Crippen molar-refractivity contribution in [2.24, 2.45) is 10.5 Å². The first-order valence-corrected chi connectivity index (χ1v) is 11.9. The molecule has 0 N–H and O–H groups in total. The van der Waals surface area contributed by atoms with E-state index in [1.54, 1.807) is 49.4 Å². The maximum Gasteiger partial charge on any atom is 0.257 e. The number of hydrogen-bond donors (Lipinski definition) is 0. The normalized spacial score (nSPS) is 17.6. The van der Waals surface area contributed by atoms with Crippen molar-refractivity contribution in [3.63, 3.8) is 0 Å². The fraction of sp³-hybridized carbons (Fsp3) is 0.444. The largest absolute Gasteiger partial charge is 0.497 e. The number of piperidine rings is 1. The van der Waals surface area contributed by atoms with Crippen molar-refractivity contribution in [1.82, 2.24) is 9.91 Å². The number of hydrogen-bond acceptors (Lipinski definition) is 7. The molecule has 36 heavy (non-hydrogen) atoms. The highest BCUT2D eigenvalue weighted by Crippen LogP contribution is 2.38. The lowest BCUT2D eigenvalue weighted by Gasteiger charge is -2.35. The maximum absolute atomic E-state index is 13.4. The van der Waals surface area contributed by atoms with E-state index in [0.717, 1.165) is 5.56 Å². The highest BCUT2D eigenvalue weighted by atomic mass is 16.5. The van der Waals surface area contributed by atoms with E-state index < -0.39 is 5.41 Å². The topological polar surface area (TPSA) is 89.9 Å². The van der Waals surface area contributed by atoms with Crippen LogP contribution in [0, 0.1) is 5.41 Å². The third kappa shape index (κ3) is 4.45. The Balaban J connectivity index is 1.51. The molecule has 0 atom stereocenters. The lowest BCUT2D eigenvalue weighted by atomic mass is 9.83. The molecule has 0 aromatic heterocycles. The lowest BCUT2D eigenvalue weighted by molar-refractivity contribution is -0.137. The molecule has 2 aromatic rings. The number of nitrogens with zero attached hydrogens (tertiary/aromatic N) is 3. The van der Waals surface area contributed by atoms with E-state index in [2.05, 4.69) is 0 Å². The SMILES string of the molecule is COc1ccc(C(=O)N2CCC(N3N=C(c4ccc(OC)c(OC)c4)C(C)(C)C3=O)CC2)c(OC)c1. The zero-order valence-electron chi connectivity index (χ0n) is 21.7. The van der Waals surface area contributed by atoms with Crippen molar-refractivity contribution >= 4 is 17.5 Å². The van der Waals surface area contributed by atoms with Gasteiger partial charge in [-0.2, -0.15) is 5.10 Å². The summed E-state index contributed by atoms with van der Waals surface area (Å²) in [4.78, 5) is 28.4. The first kappa shape index (κ1) is 25.3. The van der Waals surface area contributed by atoms with Gasteiger partial charge in [0.25, 0.3) is 11.8 Å². The summed E-state index contributed by atoms with van der Waals surface area (Å²) in [7, 11) is 6.27. The van der Waals surface area contributed by atoms with E-state index in [1.807, 2.05) is 32.0 Å². The van der Waals surface area contributed by atoms with Crippen molar-refractivity contribution in [3.05, 3.63) is 47.5 Å². The van der Waals surface area contributed by atoms with E-state index >= 15 is 0 Å². The average Bonchev–Trinajstić information content (AvgIpc) is 3.15. The Labute approximate surface area is 211 Å². The van der Waals surface area contributed by atoms with Gasteiger partial charge in [0.05, 0.1) is 51.2 Å². The Hall–Kier alpha value is -3.75. The summed E-state index contributed by atoms with van der Waals surface area (Å²) in [6.07, 6.45) is 1.27. The van der Waals surface area contributed by atoms with Crippen LogP contribution in [-0.2, 0) is 4.79 Å². The molecule has 192 valence electrons. The minimum Gasteiger partial charge on any atom is -0.497 e. The number of rotatable bonds is 7. The average molecular weight is 496 g/mol. The number of carbonyl (C=O) groups excluding carboxylic acids is 2. The Bertz CT molecular complexity index is 1180. The molecule has 2 aliphatic heterocycles. The first-order valence-electron chi connectivity index (χ1n) is 11.9. The van der Waals surface area contributed by atoms with Crippen molar-refractivity contribution in [2.75, 3.05) is 41.5 Å². The minimum atomic E-state index is -0.789. The molecule has 1 saturated heterocycles. The van der Waals surface area contributed by atoms with Crippen LogP contribution >= 0.6 is 0 Å². The molecular weight excluding hydrogens is 462 g/mol. The molecule has 0 saturated carbocycles.